The molecule has 8 rings (SSSR count). The Balaban J connectivity index is 0.000000152. The molecule has 0 aliphatic carbocycles. The lowest BCUT2D eigenvalue weighted by molar-refractivity contribution is 0.828. The van der Waals surface area contributed by atoms with Gasteiger partial charge in [-0.25, -0.2) is 24.9 Å². The number of hydrogen-bond donors (Lipinski definition) is 0. The minimum Gasteiger partial charge on any atom is -0.255 e. The first kappa shape index (κ1) is 47.4. The van der Waals surface area contributed by atoms with E-state index < -0.39 is 0 Å². The first-order chi connectivity index (χ1) is 28.4. The largest absolute Gasteiger partial charge is 0.255 e. The van der Waals surface area contributed by atoms with Crippen molar-refractivity contribution in [2.24, 2.45) is 0 Å². The van der Waals surface area contributed by atoms with Crippen molar-refractivity contribution in [2.75, 3.05) is 0 Å². The summed E-state index contributed by atoms with van der Waals surface area (Å²) in [6.45, 7) is 35.5. The van der Waals surface area contributed by atoms with Crippen LogP contribution in [0.3, 0.4) is 0 Å². The third kappa shape index (κ3) is 11.4. The van der Waals surface area contributed by atoms with Crippen molar-refractivity contribution in [1.82, 2.24) is 29.9 Å². The van der Waals surface area contributed by atoms with Crippen LogP contribution in [0.2, 0.25) is 0 Å². The minimum atomic E-state index is 0.463. The molecular weight excluding hydrogens is 813 g/mol. The molecule has 0 N–H and O–H groups in total. The fraction of sp³-hybridized carbons (Fsp3) is 0.480. The zero-order valence-corrected chi connectivity index (χ0v) is 42.0. The topological polar surface area (TPSA) is 77.3 Å². The van der Waals surface area contributed by atoms with Gasteiger partial charge in [0.15, 0.2) is 0 Å². The second-order valence-electron chi connectivity index (χ2n) is 18.0. The van der Waals surface area contributed by atoms with Gasteiger partial charge in [-0.2, -0.15) is 0 Å². The standard InChI is InChI=1S/2C13H17NS.2C12H16N2S/c1-8(2)10-5-6-14-11-7-12(9(3)4)15-13(10)11;1-8(2)10-5-6-14-13-11(10)7-12(15-13)9(3)4;1-7(2)10-5-9-12(15-10)11(8(3)4)14-6-13-9;1-7(2)10-5-9-11(8(3)4)13-6-14-12(9)15-10/h2*5-9H,1-4H3;2*5-8H,1-4H3. The minimum absolute atomic E-state index is 0.463. The SMILES string of the molecule is CC(C)c1cc2c(C(C)C)ccnc2s1.CC(C)c1cc2c(C(C)C)ncnc2s1.CC(C)c1cc2nccc(C(C)C)c2s1.CC(C)c1cc2ncnc(C(C)C)c2s1. The molecule has 0 unspecified atom stereocenters. The maximum atomic E-state index is 4.45. The van der Waals surface area contributed by atoms with Crippen LogP contribution in [-0.4, -0.2) is 29.9 Å². The summed E-state index contributed by atoms with van der Waals surface area (Å²) in [6, 6.07) is 13.3. The van der Waals surface area contributed by atoms with Crippen LogP contribution in [0.1, 0.15) is 200 Å². The summed E-state index contributed by atoms with van der Waals surface area (Å²) in [5.41, 5.74) is 7.46. The Hall–Kier alpha value is -3.70. The van der Waals surface area contributed by atoms with E-state index in [0.29, 0.717) is 47.3 Å². The quantitative estimate of drug-likeness (QED) is 0.151. The van der Waals surface area contributed by atoms with Crippen LogP contribution < -0.4 is 0 Å². The van der Waals surface area contributed by atoms with Gasteiger partial charge in [-0.05, 0) is 94.9 Å². The number of thiophene rings is 4. The van der Waals surface area contributed by atoms with Gasteiger partial charge in [-0.1, -0.05) is 111 Å². The van der Waals surface area contributed by atoms with Crippen LogP contribution in [0.4, 0.5) is 0 Å². The summed E-state index contributed by atoms with van der Waals surface area (Å²) in [6.07, 6.45) is 7.21. The highest BCUT2D eigenvalue weighted by molar-refractivity contribution is 7.20. The molecule has 0 aliphatic rings. The maximum absolute atomic E-state index is 4.45. The first-order valence-electron chi connectivity index (χ1n) is 21.6. The Labute approximate surface area is 375 Å². The summed E-state index contributed by atoms with van der Waals surface area (Å²) in [4.78, 5) is 34.3. The third-order valence-corrected chi connectivity index (χ3v) is 15.9. The van der Waals surface area contributed by atoms with Gasteiger partial charge in [0.2, 0.25) is 0 Å². The summed E-state index contributed by atoms with van der Waals surface area (Å²) >= 11 is 7.34. The van der Waals surface area contributed by atoms with Crippen molar-refractivity contribution >= 4 is 86.2 Å². The molecule has 0 aromatic carbocycles. The number of pyridine rings is 2. The molecule has 0 saturated heterocycles. The molecule has 0 fully saturated rings. The maximum Gasteiger partial charge on any atom is 0.127 e. The molecule has 0 aliphatic heterocycles. The van der Waals surface area contributed by atoms with Crippen molar-refractivity contribution in [3.8, 4) is 0 Å². The van der Waals surface area contributed by atoms with E-state index in [1.54, 1.807) is 24.0 Å². The zero-order chi connectivity index (χ0) is 44.0. The Morgan fingerprint density at radius 2 is 0.783 bits per heavy atom. The van der Waals surface area contributed by atoms with Gasteiger partial charge in [-0.3, -0.25) is 4.98 Å². The van der Waals surface area contributed by atoms with Gasteiger partial charge in [0.1, 0.15) is 22.3 Å². The van der Waals surface area contributed by atoms with Crippen LogP contribution in [-0.2, 0) is 0 Å². The summed E-state index contributed by atoms with van der Waals surface area (Å²) in [5, 5.41) is 2.59. The predicted molar refractivity (Wildman–Crippen MR) is 267 cm³/mol. The second kappa shape index (κ2) is 20.9. The lowest BCUT2D eigenvalue weighted by atomic mass is 10.0. The molecule has 6 nitrogen and oxygen atoms in total. The summed E-state index contributed by atoms with van der Waals surface area (Å²) < 4.78 is 2.63. The Bertz CT molecular complexity index is 2240. The molecule has 60 heavy (non-hydrogen) atoms. The molecule has 0 saturated carbocycles. The number of rotatable bonds is 8. The average Bonchev–Trinajstić information content (AvgIpc) is 4.01. The normalized spacial score (nSPS) is 11.9. The van der Waals surface area contributed by atoms with Crippen LogP contribution in [0.25, 0.3) is 40.9 Å². The summed E-state index contributed by atoms with van der Waals surface area (Å²) in [5.74, 6) is 4.43. The molecule has 8 aromatic heterocycles. The van der Waals surface area contributed by atoms with Gasteiger partial charge in [0.25, 0.3) is 0 Å². The molecule has 8 heterocycles. The van der Waals surface area contributed by atoms with E-state index in [0.717, 1.165) is 15.9 Å². The Morgan fingerprint density at radius 1 is 0.350 bits per heavy atom. The fourth-order valence-corrected chi connectivity index (χ4v) is 11.3. The fourth-order valence-electron chi connectivity index (χ4n) is 6.71. The van der Waals surface area contributed by atoms with E-state index in [2.05, 4.69) is 177 Å². The molecule has 0 spiro atoms. The van der Waals surface area contributed by atoms with Crippen LogP contribution in [0.15, 0.2) is 61.4 Å². The molecule has 0 atom stereocenters. The van der Waals surface area contributed by atoms with Gasteiger partial charge >= 0.3 is 0 Å². The van der Waals surface area contributed by atoms with Crippen molar-refractivity contribution in [2.45, 2.75) is 158 Å². The molecule has 320 valence electrons. The van der Waals surface area contributed by atoms with Gasteiger partial charge in [0.05, 0.1) is 31.8 Å². The third-order valence-electron chi connectivity index (χ3n) is 10.3. The smallest absolute Gasteiger partial charge is 0.127 e. The van der Waals surface area contributed by atoms with E-state index in [1.165, 1.54) is 67.0 Å². The number of fused-ring (bicyclic) bond motifs is 4. The van der Waals surface area contributed by atoms with Crippen molar-refractivity contribution < 1.29 is 0 Å². The van der Waals surface area contributed by atoms with Gasteiger partial charge < -0.3 is 0 Å². The van der Waals surface area contributed by atoms with E-state index in [1.807, 2.05) is 46.4 Å². The highest BCUT2D eigenvalue weighted by atomic mass is 32.1. The molecule has 8 aromatic rings. The second-order valence-corrected chi connectivity index (χ2v) is 22.3. The average molecular weight is 879 g/mol. The van der Waals surface area contributed by atoms with Crippen LogP contribution >= 0.6 is 45.3 Å². The first-order valence-corrected chi connectivity index (χ1v) is 24.9. The van der Waals surface area contributed by atoms with E-state index >= 15 is 0 Å². The van der Waals surface area contributed by atoms with Crippen LogP contribution in [0, 0.1) is 0 Å². The molecule has 0 bridgehead atoms. The number of aromatic nitrogens is 6. The molecular formula is C50H66N6S4. The molecule has 0 radical (unpaired) electrons. The predicted octanol–water partition coefficient (Wildman–Crippen LogP) is 17.0. The monoisotopic (exact) mass is 878 g/mol. The van der Waals surface area contributed by atoms with Gasteiger partial charge in [0, 0.05) is 42.7 Å². The van der Waals surface area contributed by atoms with Crippen molar-refractivity contribution in [3.63, 3.8) is 0 Å². The van der Waals surface area contributed by atoms with Crippen LogP contribution in [0.5, 0.6) is 0 Å². The van der Waals surface area contributed by atoms with Crippen molar-refractivity contribution in [3.05, 3.63) is 103 Å². The van der Waals surface area contributed by atoms with Crippen molar-refractivity contribution in [1.29, 1.82) is 0 Å². The lowest BCUT2D eigenvalue weighted by Crippen LogP contribution is -1.93. The highest BCUT2D eigenvalue weighted by Crippen LogP contribution is 2.37. The Kier molecular flexibility index (Phi) is 16.5. The summed E-state index contributed by atoms with van der Waals surface area (Å²) in [7, 11) is 0. The van der Waals surface area contributed by atoms with Gasteiger partial charge in [-0.15, -0.1) is 45.3 Å². The van der Waals surface area contributed by atoms with E-state index in [9.17, 15) is 0 Å². The van der Waals surface area contributed by atoms with E-state index in [-0.39, 0.29) is 0 Å². The molecule has 10 heteroatoms. The zero-order valence-electron chi connectivity index (χ0n) is 38.7. The number of hydrogen-bond acceptors (Lipinski definition) is 10. The molecule has 0 amide bonds. The van der Waals surface area contributed by atoms with E-state index in [4.69, 9.17) is 0 Å². The highest BCUT2D eigenvalue weighted by Gasteiger charge is 2.15. The Morgan fingerprint density at radius 3 is 1.32 bits per heavy atom. The number of nitrogens with zero attached hydrogens (tertiary/aromatic N) is 6. The lowest BCUT2D eigenvalue weighted by Gasteiger charge is -2.05.